The highest BCUT2D eigenvalue weighted by molar-refractivity contribution is 6.06. The van der Waals surface area contributed by atoms with Gasteiger partial charge in [0.05, 0.1) is 17.9 Å². The summed E-state index contributed by atoms with van der Waals surface area (Å²) in [4.78, 5) is 23.8. The number of para-hydroxylation sites is 1. The fourth-order valence-corrected chi connectivity index (χ4v) is 1.91. The van der Waals surface area contributed by atoms with Crippen LogP contribution in [-0.4, -0.2) is 23.6 Å². The Morgan fingerprint density at radius 2 is 1.83 bits per heavy atom. The third kappa shape index (κ3) is 4.71. The molecule has 118 valence electrons. The van der Waals surface area contributed by atoms with Crippen molar-refractivity contribution in [3.05, 3.63) is 65.7 Å². The van der Waals surface area contributed by atoms with Crippen LogP contribution in [0.25, 0.3) is 6.08 Å². The van der Waals surface area contributed by atoms with E-state index in [1.165, 1.54) is 18.2 Å². The molecule has 0 fully saturated rings. The number of aromatic hydroxyl groups is 1. The van der Waals surface area contributed by atoms with Crippen LogP contribution in [0.3, 0.4) is 0 Å². The Bertz CT molecular complexity index is 720. The number of nitrogens with one attached hydrogen (secondary N) is 1. The number of carbonyl (C=O) groups excluding carboxylic acids is 2. The van der Waals surface area contributed by atoms with Gasteiger partial charge in [0.15, 0.2) is 0 Å². The molecule has 0 radical (unpaired) electrons. The maximum absolute atomic E-state index is 12.0. The summed E-state index contributed by atoms with van der Waals surface area (Å²) in [6.07, 6.45) is 2.97. The molecule has 5 nitrogen and oxygen atoms in total. The number of amides is 1. The van der Waals surface area contributed by atoms with Crippen molar-refractivity contribution >= 4 is 23.6 Å². The second kappa shape index (κ2) is 7.79. The molecule has 1 amide bonds. The van der Waals surface area contributed by atoms with Crippen molar-refractivity contribution in [3.8, 4) is 5.75 Å². The van der Waals surface area contributed by atoms with Crippen molar-refractivity contribution < 1.29 is 19.4 Å². The summed E-state index contributed by atoms with van der Waals surface area (Å²) >= 11 is 0. The van der Waals surface area contributed by atoms with Gasteiger partial charge in [-0.15, -0.1) is 0 Å². The molecule has 0 saturated heterocycles. The van der Waals surface area contributed by atoms with E-state index in [1.807, 2.05) is 0 Å². The smallest absolute Gasteiger partial charge is 0.340 e. The Morgan fingerprint density at radius 1 is 1.13 bits per heavy atom. The van der Waals surface area contributed by atoms with Gasteiger partial charge in [-0.3, -0.25) is 4.79 Å². The number of anilines is 1. The van der Waals surface area contributed by atoms with Gasteiger partial charge >= 0.3 is 5.97 Å². The molecule has 0 aliphatic rings. The van der Waals surface area contributed by atoms with Gasteiger partial charge in [-0.25, -0.2) is 4.79 Å². The highest BCUT2D eigenvalue weighted by atomic mass is 16.5. The summed E-state index contributed by atoms with van der Waals surface area (Å²) in [7, 11) is 0. The quantitative estimate of drug-likeness (QED) is 0.656. The fourth-order valence-electron chi connectivity index (χ4n) is 1.91. The van der Waals surface area contributed by atoms with Crippen molar-refractivity contribution in [2.75, 3.05) is 11.9 Å². The Balaban J connectivity index is 2.08. The van der Waals surface area contributed by atoms with E-state index in [0.717, 1.165) is 5.56 Å². The Morgan fingerprint density at radius 3 is 2.52 bits per heavy atom. The summed E-state index contributed by atoms with van der Waals surface area (Å²) in [5, 5.41) is 11.9. The first kappa shape index (κ1) is 16.3. The second-order valence-corrected chi connectivity index (χ2v) is 4.68. The molecule has 0 aromatic heterocycles. The second-order valence-electron chi connectivity index (χ2n) is 4.68. The van der Waals surface area contributed by atoms with E-state index in [0.29, 0.717) is 11.3 Å². The molecule has 0 unspecified atom stereocenters. The first-order valence-electron chi connectivity index (χ1n) is 7.14. The summed E-state index contributed by atoms with van der Waals surface area (Å²) in [6.45, 7) is 1.99. The van der Waals surface area contributed by atoms with Gasteiger partial charge in [0.1, 0.15) is 5.75 Å². The number of ether oxygens (including phenoxy) is 1. The van der Waals surface area contributed by atoms with E-state index in [-0.39, 0.29) is 18.3 Å². The van der Waals surface area contributed by atoms with Gasteiger partial charge in [0.25, 0.3) is 0 Å². The van der Waals surface area contributed by atoms with Crippen LogP contribution in [0.4, 0.5) is 5.69 Å². The molecule has 0 saturated carbocycles. The Kier molecular flexibility index (Phi) is 5.52. The van der Waals surface area contributed by atoms with E-state index in [9.17, 15) is 14.7 Å². The van der Waals surface area contributed by atoms with Gasteiger partial charge in [0.2, 0.25) is 5.91 Å². The first-order chi connectivity index (χ1) is 11.1. The zero-order valence-electron chi connectivity index (χ0n) is 12.7. The van der Waals surface area contributed by atoms with Gasteiger partial charge in [-0.1, -0.05) is 24.3 Å². The number of benzene rings is 2. The van der Waals surface area contributed by atoms with Crippen LogP contribution in [0.1, 0.15) is 22.8 Å². The Hall–Kier alpha value is -3.08. The third-order valence-electron chi connectivity index (χ3n) is 3.00. The standard InChI is InChI=1S/C18H17NO4/c1-2-23-18(22)15-5-3-4-6-16(15)19-17(21)12-9-13-7-10-14(20)11-8-13/h3-12,20H,2H2,1H3,(H,19,21). The molecule has 0 atom stereocenters. The van der Waals surface area contributed by atoms with Crippen LogP contribution in [0, 0.1) is 0 Å². The topological polar surface area (TPSA) is 75.6 Å². The van der Waals surface area contributed by atoms with Crippen molar-refractivity contribution in [2.45, 2.75) is 6.92 Å². The normalized spacial score (nSPS) is 10.5. The lowest BCUT2D eigenvalue weighted by molar-refractivity contribution is -0.111. The minimum Gasteiger partial charge on any atom is -0.508 e. The lowest BCUT2D eigenvalue weighted by atomic mass is 10.1. The average Bonchev–Trinajstić information content (AvgIpc) is 2.55. The fraction of sp³-hybridized carbons (Fsp3) is 0.111. The summed E-state index contributed by atoms with van der Waals surface area (Å²) in [5.41, 5.74) is 1.48. The van der Waals surface area contributed by atoms with Crippen molar-refractivity contribution in [3.63, 3.8) is 0 Å². The number of hydrogen-bond acceptors (Lipinski definition) is 4. The molecule has 2 N–H and O–H groups in total. The number of rotatable bonds is 5. The predicted molar refractivity (Wildman–Crippen MR) is 88.2 cm³/mol. The third-order valence-corrected chi connectivity index (χ3v) is 3.00. The van der Waals surface area contributed by atoms with Crippen LogP contribution in [-0.2, 0) is 9.53 Å². The van der Waals surface area contributed by atoms with E-state index in [2.05, 4.69) is 5.32 Å². The number of esters is 1. The zero-order valence-corrected chi connectivity index (χ0v) is 12.7. The molecule has 2 rings (SSSR count). The van der Waals surface area contributed by atoms with Crippen molar-refractivity contribution in [1.82, 2.24) is 0 Å². The molecule has 0 spiro atoms. The van der Waals surface area contributed by atoms with E-state index >= 15 is 0 Å². The van der Waals surface area contributed by atoms with E-state index in [4.69, 9.17) is 4.74 Å². The summed E-state index contributed by atoms with van der Waals surface area (Å²) in [6, 6.07) is 13.1. The summed E-state index contributed by atoms with van der Waals surface area (Å²) in [5.74, 6) is -0.685. The molecular formula is C18H17NO4. The van der Waals surface area contributed by atoms with Crippen LogP contribution >= 0.6 is 0 Å². The molecule has 23 heavy (non-hydrogen) atoms. The minimum absolute atomic E-state index is 0.162. The molecular weight excluding hydrogens is 294 g/mol. The lowest BCUT2D eigenvalue weighted by Gasteiger charge is -2.08. The SMILES string of the molecule is CCOC(=O)c1ccccc1NC(=O)C=Cc1ccc(O)cc1. The number of phenols is 1. The highest BCUT2D eigenvalue weighted by Crippen LogP contribution is 2.16. The van der Waals surface area contributed by atoms with E-state index in [1.54, 1.807) is 49.4 Å². The zero-order chi connectivity index (χ0) is 16.7. The molecule has 2 aromatic rings. The number of carbonyl (C=O) groups is 2. The van der Waals surface area contributed by atoms with Crippen LogP contribution in [0.2, 0.25) is 0 Å². The number of phenolic OH excluding ortho intramolecular Hbond substituents is 1. The average molecular weight is 311 g/mol. The summed E-state index contributed by atoms with van der Waals surface area (Å²) < 4.78 is 4.96. The molecule has 0 aliphatic heterocycles. The predicted octanol–water partition coefficient (Wildman–Crippen LogP) is 3.22. The molecule has 0 aliphatic carbocycles. The first-order valence-corrected chi connectivity index (χ1v) is 7.14. The van der Waals surface area contributed by atoms with Crippen LogP contribution in [0.5, 0.6) is 5.75 Å². The van der Waals surface area contributed by atoms with Crippen molar-refractivity contribution in [2.24, 2.45) is 0 Å². The van der Waals surface area contributed by atoms with Crippen molar-refractivity contribution in [1.29, 1.82) is 0 Å². The van der Waals surface area contributed by atoms with Crippen LogP contribution in [0.15, 0.2) is 54.6 Å². The highest BCUT2D eigenvalue weighted by Gasteiger charge is 2.12. The maximum Gasteiger partial charge on any atom is 0.340 e. The molecule has 0 heterocycles. The largest absolute Gasteiger partial charge is 0.508 e. The lowest BCUT2D eigenvalue weighted by Crippen LogP contribution is -2.13. The maximum atomic E-state index is 12.0. The van der Waals surface area contributed by atoms with E-state index < -0.39 is 5.97 Å². The minimum atomic E-state index is -0.481. The van der Waals surface area contributed by atoms with Gasteiger partial charge < -0.3 is 15.2 Å². The molecule has 5 heteroatoms. The van der Waals surface area contributed by atoms with Gasteiger partial charge in [-0.2, -0.15) is 0 Å². The Labute approximate surface area is 134 Å². The monoisotopic (exact) mass is 311 g/mol. The van der Waals surface area contributed by atoms with Crippen LogP contribution < -0.4 is 5.32 Å². The molecule has 2 aromatic carbocycles. The molecule has 0 bridgehead atoms. The number of hydrogen-bond donors (Lipinski definition) is 2. The van der Waals surface area contributed by atoms with Gasteiger partial charge in [0, 0.05) is 6.08 Å². The van der Waals surface area contributed by atoms with Gasteiger partial charge in [-0.05, 0) is 42.8 Å².